The molecular weight excluding hydrogens is 416 g/mol. The largest absolute Gasteiger partial charge is 0.346 e. The van der Waals surface area contributed by atoms with Crippen molar-refractivity contribution < 1.29 is 13.2 Å². The molecule has 0 aliphatic heterocycles. The van der Waals surface area contributed by atoms with Crippen LogP contribution in [0.3, 0.4) is 0 Å². The summed E-state index contributed by atoms with van der Waals surface area (Å²) >= 11 is 0. The van der Waals surface area contributed by atoms with Gasteiger partial charge in [-0.25, -0.2) is 8.42 Å². The third kappa shape index (κ3) is 5.37. The first-order valence-corrected chi connectivity index (χ1v) is 11.2. The zero-order chi connectivity index (χ0) is 22.6. The lowest BCUT2D eigenvalue weighted by Crippen LogP contribution is -2.36. The number of sulfonamides is 1. The van der Waals surface area contributed by atoms with Crippen LogP contribution in [0.4, 0.5) is 5.69 Å². The van der Waals surface area contributed by atoms with Crippen LogP contribution in [-0.4, -0.2) is 23.9 Å². The molecule has 0 saturated heterocycles. The Morgan fingerprint density at radius 2 is 1.77 bits per heavy atom. The van der Waals surface area contributed by atoms with Gasteiger partial charge in [0, 0.05) is 11.9 Å². The number of benzene rings is 1. The zero-order valence-corrected chi connectivity index (χ0v) is 18.3. The number of nitrogens with zero attached hydrogens (tertiary/aromatic N) is 2. The quantitative estimate of drug-likeness (QED) is 0.587. The van der Waals surface area contributed by atoms with Crippen LogP contribution in [0.1, 0.15) is 29.9 Å². The highest BCUT2D eigenvalue weighted by Gasteiger charge is 2.18. The van der Waals surface area contributed by atoms with Gasteiger partial charge in [-0.2, -0.15) is 0 Å². The predicted octanol–water partition coefficient (Wildman–Crippen LogP) is 2.54. The molecule has 0 bridgehead atoms. The van der Waals surface area contributed by atoms with Crippen LogP contribution < -0.4 is 15.6 Å². The summed E-state index contributed by atoms with van der Waals surface area (Å²) in [6.07, 6.45) is 1.64. The second-order valence-corrected chi connectivity index (χ2v) is 8.92. The lowest BCUT2D eigenvalue weighted by molar-refractivity contribution is -0.122. The van der Waals surface area contributed by atoms with Gasteiger partial charge in [0.25, 0.3) is 15.6 Å². The second kappa shape index (κ2) is 9.13. The van der Waals surface area contributed by atoms with Crippen LogP contribution in [0.5, 0.6) is 0 Å². The fraction of sp³-hybridized carbons (Fsp3) is 0.227. The third-order valence-electron chi connectivity index (χ3n) is 4.78. The number of anilines is 1. The van der Waals surface area contributed by atoms with Crippen molar-refractivity contribution in [3.8, 4) is 0 Å². The molecule has 0 aliphatic rings. The standard InChI is InChI=1S/C22H24N4O4S/c1-15-7-10-18(11-8-15)31(29,30)25-20-12-9-16(2)26(22(20)28)14-21(27)24-17(3)19-6-4-5-13-23-19/h4-13,17,25H,14H2,1-3H3,(H,24,27)/t17-/m1/s1. The number of pyridine rings is 2. The molecule has 3 aromatic rings. The Kier molecular flexibility index (Phi) is 6.55. The minimum absolute atomic E-state index is 0.0477. The van der Waals surface area contributed by atoms with E-state index in [-0.39, 0.29) is 29.1 Å². The van der Waals surface area contributed by atoms with Crippen molar-refractivity contribution in [2.45, 2.75) is 38.3 Å². The number of hydrogen-bond acceptors (Lipinski definition) is 5. The summed E-state index contributed by atoms with van der Waals surface area (Å²) < 4.78 is 28.8. The molecule has 162 valence electrons. The Labute approximate surface area is 181 Å². The highest BCUT2D eigenvalue weighted by atomic mass is 32.2. The summed E-state index contributed by atoms with van der Waals surface area (Å²) in [5, 5.41) is 2.80. The Hall–Kier alpha value is -3.46. The molecule has 2 heterocycles. The molecule has 2 aromatic heterocycles. The number of nitrogens with one attached hydrogen (secondary N) is 2. The van der Waals surface area contributed by atoms with E-state index in [2.05, 4.69) is 15.0 Å². The molecule has 1 aromatic carbocycles. The van der Waals surface area contributed by atoms with Crippen molar-refractivity contribution >= 4 is 21.6 Å². The van der Waals surface area contributed by atoms with E-state index in [4.69, 9.17) is 0 Å². The molecule has 31 heavy (non-hydrogen) atoms. The van der Waals surface area contributed by atoms with Crippen LogP contribution in [0.25, 0.3) is 0 Å². The Morgan fingerprint density at radius 1 is 1.06 bits per heavy atom. The van der Waals surface area contributed by atoms with E-state index >= 15 is 0 Å². The van der Waals surface area contributed by atoms with Gasteiger partial charge in [0.05, 0.1) is 16.6 Å². The van der Waals surface area contributed by atoms with E-state index in [0.29, 0.717) is 11.4 Å². The van der Waals surface area contributed by atoms with E-state index in [9.17, 15) is 18.0 Å². The molecule has 0 radical (unpaired) electrons. The molecular formula is C22H24N4O4S. The van der Waals surface area contributed by atoms with Crippen molar-refractivity contribution in [3.05, 3.63) is 88.1 Å². The van der Waals surface area contributed by atoms with Crippen LogP contribution >= 0.6 is 0 Å². The van der Waals surface area contributed by atoms with Gasteiger partial charge < -0.3 is 9.88 Å². The molecule has 0 spiro atoms. The van der Waals surface area contributed by atoms with Gasteiger partial charge in [0.15, 0.2) is 0 Å². The second-order valence-electron chi connectivity index (χ2n) is 7.24. The number of carbonyl (C=O) groups is 1. The van der Waals surface area contributed by atoms with Crippen LogP contribution in [-0.2, 0) is 21.4 Å². The third-order valence-corrected chi connectivity index (χ3v) is 6.16. The summed E-state index contributed by atoms with van der Waals surface area (Å²) in [5.74, 6) is -0.387. The first kappa shape index (κ1) is 22.2. The van der Waals surface area contributed by atoms with Gasteiger partial charge in [-0.05, 0) is 57.2 Å². The molecule has 1 amide bonds. The maximum absolute atomic E-state index is 12.9. The van der Waals surface area contributed by atoms with E-state index in [1.807, 2.05) is 13.0 Å². The van der Waals surface area contributed by atoms with Gasteiger partial charge in [0.1, 0.15) is 12.2 Å². The average Bonchev–Trinajstić information content (AvgIpc) is 2.74. The van der Waals surface area contributed by atoms with E-state index < -0.39 is 15.6 Å². The molecule has 8 nitrogen and oxygen atoms in total. The van der Waals surface area contributed by atoms with Crippen molar-refractivity contribution in [1.29, 1.82) is 0 Å². The smallest absolute Gasteiger partial charge is 0.275 e. The van der Waals surface area contributed by atoms with Gasteiger partial charge in [0.2, 0.25) is 5.91 Å². The number of aromatic nitrogens is 2. The monoisotopic (exact) mass is 440 g/mol. The molecule has 0 fully saturated rings. The van der Waals surface area contributed by atoms with Crippen molar-refractivity contribution in [2.24, 2.45) is 0 Å². The summed E-state index contributed by atoms with van der Waals surface area (Å²) in [5.41, 5.74) is 1.42. The molecule has 9 heteroatoms. The number of carbonyl (C=O) groups excluding carboxylic acids is 1. The highest BCUT2D eigenvalue weighted by Crippen LogP contribution is 2.15. The maximum atomic E-state index is 12.9. The first-order chi connectivity index (χ1) is 14.7. The topological polar surface area (TPSA) is 110 Å². The Morgan fingerprint density at radius 3 is 2.42 bits per heavy atom. The Bertz CT molecular complexity index is 1240. The van der Waals surface area contributed by atoms with Gasteiger partial charge in [-0.3, -0.25) is 19.3 Å². The van der Waals surface area contributed by atoms with E-state index in [0.717, 1.165) is 5.56 Å². The fourth-order valence-corrected chi connectivity index (χ4v) is 4.06. The molecule has 0 saturated carbocycles. The lowest BCUT2D eigenvalue weighted by Gasteiger charge is -2.16. The zero-order valence-electron chi connectivity index (χ0n) is 17.5. The molecule has 0 aliphatic carbocycles. The van der Waals surface area contributed by atoms with E-state index in [1.54, 1.807) is 50.4 Å². The van der Waals surface area contributed by atoms with Gasteiger partial charge in [-0.1, -0.05) is 23.8 Å². The van der Waals surface area contributed by atoms with Gasteiger partial charge in [-0.15, -0.1) is 0 Å². The van der Waals surface area contributed by atoms with Gasteiger partial charge >= 0.3 is 0 Å². The summed E-state index contributed by atoms with van der Waals surface area (Å²) in [6, 6.07) is 14.3. The number of aryl methyl sites for hydroxylation is 2. The minimum Gasteiger partial charge on any atom is -0.346 e. The molecule has 3 rings (SSSR count). The highest BCUT2D eigenvalue weighted by molar-refractivity contribution is 7.92. The summed E-state index contributed by atoms with van der Waals surface area (Å²) in [6.45, 7) is 5.07. The lowest BCUT2D eigenvalue weighted by atomic mass is 10.2. The summed E-state index contributed by atoms with van der Waals surface area (Å²) in [4.78, 5) is 29.7. The normalized spacial score (nSPS) is 12.2. The van der Waals surface area contributed by atoms with Crippen LogP contribution in [0.15, 0.2) is 70.5 Å². The Balaban J connectivity index is 1.80. The van der Waals surface area contributed by atoms with Crippen LogP contribution in [0, 0.1) is 13.8 Å². The maximum Gasteiger partial charge on any atom is 0.275 e. The predicted molar refractivity (Wildman–Crippen MR) is 118 cm³/mol. The van der Waals surface area contributed by atoms with Crippen molar-refractivity contribution in [3.63, 3.8) is 0 Å². The molecule has 2 N–H and O–H groups in total. The number of amides is 1. The minimum atomic E-state index is -3.94. The van der Waals surface area contributed by atoms with Crippen LogP contribution in [0.2, 0.25) is 0 Å². The van der Waals surface area contributed by atoms with E-state index in [1.165, 1.54) is 22.8 Å². The van der Waals surface area contributed by atoms with Crippen molar-refractivity contribution in [1.82, 2.24) is 14.9 Å². The molecule has 0 unspecified atom stereocenters. The number of hydrogen-bond donors (Lipinski definition) is 2. The first-order valence-electron chi connectivity index (χ1n) is 9.67. The van der Waals surface area contributed by atoms with Crippen molar-refractivity contribution in [2.75, 3.05) is 4.72 Å². The fourth-order valence-electron chi connectivity index (χ4n) is 3.00. The average molecular weight is 441 g/mol. The summed E-state index contributed by atoms with van der Waals surface area (Å²) in [7, 11) is -3.94. The SMILES string of the molecule is Cc1ccc(S(=O)(=O)Nc2ccc(C)n(CC(=O)N[C@H](C)c3ccccn3)c2=O)cc1. The molecule has 1 atom stereocenters. The number of rotatable bonds is 7.